The van der Waals surface area contributed by atoms with Crippen LogP contribution in [-0.4, -0.2) is 106 Å². The van der Waals surface area contributed by atoms with Crippen molar-refractivity contribution in [3.8, 4) is 0 Å². The van der Waals surface area contributed by atoms with Crippen molar-refractivity contribution < 1.29 is 34.1 Å². The minimum Gasteiger partial charge on any atom is -0.473 e. The number of carbonyl (C=O) groups is 4. The molecule has 2 aliphatic rings. The number of amides is 1. The van der Waals surface area contributed by atoms with E-state index in [1.54, 1.807) is 16.7 Å². The van der Waals surface area contributed by atoms with Gasteiger partial charge in [0.15, 0.2) is 0 Å². The first-order chi connectivity index (χ1) is 17.8. The summed E-state index contributed by atoms with van der Waals surface area (Å²) in [7, 11) is 1.38. The highest BCUT2D eigenvalue weighted by atomic mass is 32.2. The first-order valence-electron chi connectivity index (χ1n) is 11.8. The van der Waals surface area contributed by atoms with Gasteiger partial charge in [-0.25, -0.2) is 14.4 Å². The van der Waals surface area contributed by atoms with Crippen molar-refractivity contribution in [3.05, 3.63) is 71.8 Å². The van der Waals surface area contributed by atoms with Crippen LogP contribution >= 0.6 is 11.8 Å². The zero-order valence-electron chi connectivity index (χ0n) is 20.6. The van der Waals surface area contributed by atoms with Gasteiger partial charge in [0, 0.05) is 31.9 Å². The van der Waals surface area contributed by atoms with Gasteiger partial charge in [-0.05, 0) is 11.1 Å². The SMILES string of the molecule is COC(=O)C1CSCN1C(=O)CN1CCN(C(c2ccccc2)c2ccccc2)CC1.O=C(O)C(=O)O. The van der Waals surface area contributed by atoms with Gasteiger partial charge < -0.3 is 19.8 Å². The molecule has 198 valence electrons. The minimum absolute atomic E-state index is 0.0107. The molecule has 1 amide bonds. The number of piperazine rings is 1. The van der Waals surface area contributed by atoms with E-state index in [0.717, 1.165) is 26.2 Å². The second kappa shape index (κ2) is 13.8. The molecule has 1 unspecified atom stereocenters. The van der Waals surface area contributed by atoms with Crippen LogP contribution in [0.5, 0.6) is 0 Å². The fourth-order valence-corrected chi connectivity index (χ4v) is 5.53. The molecule has 0 aliphatic carbocycles. The molecule has 0 spiro atoms. The Balaban J connectivity index is 0.000000568. The molecule has 10 nitrogen and oxygen atoms in total. The van der Waals surface area contributed by atoms with Crippen molar-refractivity contribution in [3.63, 3.8) is 0 Å². The molecule has 2 N–H and O–H groups in total. The smallest absolute Gasteiger partial charge is 0.414 e. The third-order valence-corrected chi connectivity index (χ3v) is 7.23. The second-order valence-corrected chi connectivity index (χ2v) is 9.55. The molecule has 2 aromatic rings. The number of rotatable bonds is 6. The molecule has 2 saturated heterocycles. The van der Waals surface area contributed by atoms with Crippen molar-refractivity contribution in [2.45, 2.75) is 12.1 Å². The molecule has 37 heavy (non-hydrogen) atoms. The summed E-state index contributed by atoms with van der Waals surface area (Å²) in [6, 6.07) is 21.0. The summed E-state index contributed by atoms with van der Waals surface area (Å²) < 4.78 is 4.86. The quantitative estimate of drug-likeness (QED) is 0.421. The fraction of sp³-hybridized carbons (Fsp3) is 0.385. The number of benzene rings is 2. The number of aliphatic carboxylic acids is 2. The molecule has 2 fully saturated rings. The molecule has 0 saturated carbocycles. The molecule has 4 rings (SSSR count). The number of hydrogen-bond acceptors (Lipinski definition) is 8. The zero-order chi connectivity index (χ0) is 26.8. The molecule has 0 radical (unpaired) electrons. The number of hydrogen-bond donors (Lipinski definition) is 2. The molecule has 0 aromatic heterocycles. The van der Waals surface area contributed by atoms with E-state index < -0.39 is 18.0 Å². The molecule has 2 aliphatic heterocycles. The molecule has 0 bridgehead atoms. The van der Waals surface area contributed by atoms with Crippen LogP contribution in [0.15, 0.2) is 60.7 Å². The van der Waals surface area contributed by atoms with E-state index >= 15 is 0 Å². The summed E-state index contributed by atoms with van der Waals surface area (Å²) in [5, 5.41) is 14.8. The standard InChI is InChI=1S/C24H29N3O3S.C2H2O4/c1-30-24(29)21-17-31-18-27(21)22(28)16-25-12-14-26(15-13-25)23(19-8-4-2-5-9-19)20-10-6-3-7-11-20;3-1(4)2(5)6/h2-11,21,23H,12-18H2,1H3;(H,3,4)(H,5,6). The Labute approximate surface area is 219 Å². The van der Waals surface area contributed by atoms with Crippen molar-refractivity contribution in [2.75, 3.05) is 51.5 Å². The predicted molar refractivity (Wildman–Crippen MR) is 138 cm³/mol. The van der Waals surface area contributed by atoms with Crippen LogP contribution in [-0.2, 0) is 23.9 Å². The highest BCUT2D eigenvalue weighted by molar-refractivity contribution is 7.99. The molecule has 11 heteroatoms. The summed E-state index contributed by atoms with van der Waals surface area (Å²) in [4.78, 5) is 49.4. The maximum Gasteiger partial charge on any atom is 0.414 e. The van der Waals surface area contributed by atoms with Gasteiger partial charge in [-0.1, -0.05) is 60.7 Å². The molecule has 1 atom stereocenters. The van der Waals surface area contributed by atoms with Crippen LogP contribution in [0.3, 0.4) is 0 Å². The van der Waals surface area contributed by atoms with E-state index in [-0.39, 0.29) is 17.9 Å². The first-order valence-corrected chi connectivity index (χ1v) is 12.9. The Hall–Kier alpha value is -3.41. The van der Waals surface area contributed by atoms with Crippen LogP contribution in [0.4, 0.5) is 0 Å². The number of esters is 1. The Morgan fingerprint density at radius 1 is 0.892 bits per heavy atom. The van der Waals surface area contributed by atoms with Gasteiger partial charge in [0.1, 0.15) is 6.04 Å². The fourth-order valence-electron chi connectivity index (χ4n) is 4.37. The molecular formula is C26H31N3O7S. The monoisotopic (exact) mass is 529 g/mol. The van der Waals surface area contributed by atoms with Crippen LogP contribution in [0.25, 0.3) is 0 Å². The van der Waals surface area contributed by atoms with Gasteiger partial charge in [0.2, 0.25) is 5.91 Å². The van der Waals surface area contributed by atoms with E-state index in [1.165, 1.54) is 18.2 Å². The first kappa shape index (κ1) is 28.2. The summed E-state index contributed by atoms with van der Waals surface area (Å²) in [5.74, 6) is -2.79. The van der Waals surface area contributed by atoms with E-state index in [4.69, 9.17) is 24.5 Å². The largest absolute Gasteiger partial charge is 0.473 e. The Bertz CT molecular complexity index is 1010. The van der Waals surface area contributed by atoms with E-state index in [0.29, 0.717) is 18.2 Å². The Morgan fingerprint density at radius 3 is 1.86 bits per heavy atom. The van der Waals surface area contributed by atoms with Crippen molar-refractivity contribution in [2.24, 2.45) is 0 Å². The summed E-state index contributed by atoms with van der Waals surface area (Å²) in [6.45, 7) is 3.77. The summed E-state index contributed by atoms with van der Waals surface area (Å²) >= 11 is 1.60. The lowest BCUT2D eigenvalue weighted by Crippen LogP contribution is -2.52. The number of carboxylic acid groups (broad SMARTS) is 2. The highest BCUT2D eigenvalue weighted by Crippen LogP contribution is 2.29. The average molecular weight is 530 g/mol. The van der Waals surface area contributed by atoms with E-state index in [2.05, 4.69) is 58.3 Å². The Morgan fingerprint density at radius 2 is 1.41 bits per heavy atom. The lowest BCUT2D eigenvalue weighted by atomic mass is 9.96. The number of carboxylic acids is 2. The van der Waals surface area contributed by atoms with Crippen molar-refractivity contribution in [1.29, 1.82) is 0 Å². The summed E-state index contributed by atoms with van der Waals surface area (Å²) in [5.41, 5.74) is 2.57. The van der Waals surface area contributed by atoms with Gasteiger partial charge in [-0.15, -0.1) is 11.8 Å². The number of thioether (sulfide) groups is 1. The lowest BCUT2D eigenvalue weighted by Gasteiger charge is -2.40. The zero-order valence-corrected chi connectivity index (χ0v) is 21.4. The maximum atomic E-state index is 12.9. The normalized spacial score (nSPS) is 18.1. The molecule has 2 heterocycles. The van der Waals surface area contributed by atoms with Crippen LogP contribution in [0, 0.1) is 0 Å². The average Bonchev–Trinajstić information content (AvgIpc) is 3.41. The van der Waals surface area contributed by atoms with Gasteiger partial charge >= 0.3 is 17.9 Å². The second-order valence-electron chi connectivity index (χ2n) is 8.55. The van der Waals surface area contributed by atoms with Crippen molar-refractivity contribution >= 4 is 35.6 Å². The van der Waals surface area contributed by atoms with Gasteiger partial charge in [-0.3, -0.25) is 14.6 Å². The van der Waals surface area contributed by atoms with Gasteiger partial charge in [0.05, 0.1) is 25.6 Å². The third kappa shape index (κ3) is 7.78. The van der Waals surface area contributed by atoms with E-state index in [1.807, 2.05) is 12.1 Å². The van der Waals surface area contributed by atoms with Gasteiger partial charge in [-0.2, -0.15) is 0 Å². The van der Waals surface area contributed by atoms with Gasteiger partial charge in [0.25, 0.3) is 0 Å². The highest BCUT2D eigenvalue weighted by Gasteiger charge is 2.36. The van der Waals surface area contributed by atoms with Crippen molar-refractivity contribution in [1.82, 2.24) is 14.7 Å². The van der Waals surface area contributed by atoms with Crippen LogP contribution < -0.4 is 0 Å². The predicted octanol–water partition coefficient (Wildman–Crippen LogP) is 1.62. The topological polar surface area (TPSA) is 128 Å². The number of carbonyl (C=O) groups excluding carboxylic acids is 2. The summed E-state index contributed by atoms with van der Waals surface area (Å²) in [6.07, 6.45) is 0. The number of methoxy groups -OCH3 is 1. The Kier molecular flexibility index (Phi) is 10.5. The van der Waals surface area contributed by atoms with Crippen LogP contribution in [0.2, 0.25) is 0 Å². The molecular weight excluding hydrogens is 498 g/mol. The maximum absolute atomic E-state index is 12.9. The number of ether oxygens (including phenoxy) is 1. The number of nitrogens with zero attached hydrogens (tertiary/aromatic N) is 3. The van der Waals surface area contributed by atoms with Crippen LogP contribution in [0.1, 0.15) is 17.2 Å². The minimum atomic E-state index is -1.82. The lowest BCUT2D eigenvalue weighted by molar-refractivity contribution is -0.159. The molecule has 2 aromatic carbocycles. The third-order valence-electron chi connectivity index (χ3n) is 6.22. The van der Waals surface area contributed by atoms with E-state index in [9.17, 15) is 9.59 Å².